The molecule has 10 aromatic rings. The zero-order valence-electron chi connectivity index (χ0n) is 26.9. The standard InChI is InChI=1S/C45H28N4O/c1-4-14-29(15-5-1)33-21-13-25-39-41(33)36-27-26-32(28-40(36)50-39)49-38-24-11-10-20-34(38)35-22-12-23-37(42(35)49)45-47-43(30-16-6-2-7-17-30)46-44(48-45)31-18-8-3-9-19-31/h1-28H. The van der Waals surface area contributed by atoms with Gasteiger partial charge in [0.2, 0.25) is 0 Å². The van der Waals surface area contributed by atoms with Crippen LogP contribution in [-0.4, -0.2) is 19.5 Å². The number of benzene rings is 7. The summed E-state index contributed by atoms with van der Waals surface area (Å²) in [6.45, 7) is 0. The predicted molar refractivity (Wildman–Crippen MR) is 203 cm³/mol. The van der Waals surface area contributed by atoms with Gasteiger partial charge >= 0.3 is 0 Å². The van der Waals surface area contributed by atoms with Gasteiger partial charge in [-0.05, 0) is 41.5 Å². The molecule has 5 heteroatoms. The highest BCUT2D eigenvalue weighted by molar-refractivity contribution is 6.15. The summed E-state index contributed by atoms with van der Waals surface area (Å²) in [5.74, 6) is 1.88. The fourth-order valence-electron chi connectivity index (χ4n) is 7.21. The number of hydrogen-bond donors (Lipinski definition) is 0. The van der Waals surface area contributed by atoms with E-state index in [1.54, 1.807) is 0 Å². The van der Waals surface area contributed by atoms with Gasteiger partial charge in [-0.25, -0.2) is 15.0 Å². The maximum absolute atomic E-state index is 6.58. The lowest BCUT2D eigenvalue weighted by Crippen LogP contribution is -2.02. The molecule has 0 amide bonds. The molecular weight excluding hydrogens is 613 g/mol. The minimum Gasteiger partial charge on any atom is -0.456 e. The van der Waals surface area contributed by atoms with Gasteiger partial charge in [-0.1, -0.05) is 133 Å². The van der Waals surface area contributed by atoms with Crippen LogP contribution in [-0.2, 0) is 0 Å². The van der Waals surface area contributed by atoms with E-state index in [9.17, 15) is 0 Å². The summed E-state index contributed by atoms with van der Waals surface area (Å²) in [7, 11) is 0. The molecule has 0 aliphatic rings. The van der Waals surface area contributed by atoms with E-state index >= 15 is 0 Å². The van der Waals surface area contributed by atoms with E-state index in [2.05, 4.69) is 108 Å². The Kier molecular flexibility index (Phi) is 6.42. The molecule has 3 aromatic heterocycles. The number of aromatic nitrogens is 4. The first-order valence-corrected chi connectivity index (χ1v) is 16.7. The number of hydrogen-bond acceptors (Lipinski definition) is 4. The van der Waals surface area contributed by atoms with Gasteiger partial charge < -0.3 is 8.98 Å². The summed E-state index contributed by atoms with van der Waals surface area (Å²) >= 11 is 0. The van der Waals surface area contributed by atoms with Gasteiger partial charge in [0, 0.05) is 50.0 Å². The summed E-state index contributed by atoms with van der Waals surface area (Å²) in [6.07, 6.45) is 0. The molecule has 0 saturated carbocycles. The van der Waals surface area contributed by atoms with Crippen LogP contribution in [0.3, 0.4) is 0 Å². The zero-order chi connectivity index (χ0) is 33.0. The van der Waals surface area contributed by atoms with Crippen molar-refractivity contribution in [1.82, 2.24) is 19.5 Å². The minimum absolute atomic E-state index is 0.615. The molecule has 0 unspecified atom stereocenters. The number of furan rings is 1. The SMILES string of the molecule is c1ccc(-c2nc(-c3ccccc3)nc(-c3cccc4c5ccccc5n(-c5ccc6c(c5)oc5cccc(-c7ccccc7)c56)c34)n2)cc1. The molecular formula is C45H28N4O. The fraction of sp³-hybridized carbons (Fsp3) is 0. The fourth-order valence-corrected chi connectivity index (χ4v) is 7.21. The molecule has 234 valence electrons. The van der Waals surface area contributed by atoms with Crippen molar-refractivity contribution < 1.29 is 4.42 Å². The summed E-state index contributed by atoms with van der Waals surface area (Å²) in [5.41, 5.74) is 9.94. The van der Waals surface area contributed by atoms with E-state index in [0.717, 1.165) is 71.7 Å². The van der Waals surface area contributed by atoms with Crippen LogP contribution in [0.5, 0.6) is 0 Å². The predicted octanol–water partition coefficient (Wildman–Crippen LogP) is 11.5. The topological polar surface area (TPSA) is 56.7 Å². The van der Waals surface area contributed by atoms with Gasteiger partial charge in [0.25, 0.3) is 0 Å². The van der Waals surface area contributed by atoms with Crippen molar-refractivity contribution in [2.75, 3.05) is 0 Å². The van der Waals surface area contributed by atoms with E-state index < -0.39 is 0 Å². The Hall–Kier alpha value is -6.85. The van der Waals surface area contributed by atoms with Crippen LogP contribution in [0.25, 0.3) is 94.7 Å². The second kappa shape index (κ2) is 11.4. The highest BCUT2D eigenvalue weighted by Gasteiger charge is 2.21. The third-order valence-corrected chi connectivity index (χ3v) is 9.46. The molecule has 0 atom stereocenters. The number of nitrogens with zero attached hydrogens (tertiary/aromatic N) is 4. The molecule has 0 radical (unpaired) electrons. The average molecular weight is 641 g/mol. The Balaban J connectivity index is 1.24. The first kappa shape index (κ1) is 28.2. The van der Waals surface area contributed by atoms with E-state index in [1.807, 2.05) is 66.7 Å². The van der Waals surface area contributed by atoms with Crippen molar-refractivity contribution in [2.24, 2.45) is 0 Å². The van der Waals surface area contributed by atoms with Crippen LogP contribution in [0.1, 0.15) is 0 Å². The lowest BCUT2D eigenvalue weighted by molar-refractivity contribution is 0.668. The lowest BCUT2D eigenvalue weighted by atomic mass is 9.99. The van der Waals surface area contributed by atoms with E-state index in [4.69, 9.17) is 19.4 Å². The van der Waals surface area contributed by atoms with Gasteiger partial charge in [-0.15, -0.1) is 0 Å². The van der Waals surface area contributed by atoms with Crippen molar-refractivity contribution in [3.63, 3.8) is 0 Å². The van der Waals surface area contributed by atoms with Gasteiger partial charge in [0.05, 0.1) is 11.0 Å². The molecule has 10 rings (SSSR count). The van der Waals surface area contributed by atoms with Crippen LogP contribution < -0.4 is 0 Å². The molecule has 5 nitrogen and oxygen atoms in total. The van der Waals surface area contributed by atoms with Crippen LogP contribution in [0.2, 0.25) is 0 Å². The molecule has 0 fully saturated rings. The van der Waals surface area contributed by atoms with Crippen molar-refractivity contribution in [3.05, 3.63) is 170 Å². The minimum atomic E-state index is 0.615. The molecule has 0 aliphatic heterocycles. The Morgan fingerprint density at radius 2 is 0.980 bits per heavy atom. The molecule has 0 bridgehead atoms. The Labute approximate surface area is 287 Å². The third-order valence-electron chi connectivity index (χ3n) is 9.46. The molecule has 0 aliphatic carbocycles. The first-order chi connectivity index (χ1) is 24.8. The normalized spacial score (nSPS) is 11.6. The first-order valence-electron chi connectivity index (χ1n) is 16.7. The molecule has 0 N–H and O–H groups in total. The number of rotatable bonds is 5. The summed E-state index contributed by atoms with van der Waals surface area (Å²) < 4.78 is 8.89. The number of fused-ring (bicyclic) bond motifs is 6. The van der Waals surface area contributed by atoms with Gasteiger partial charge in [0.1, 0.15) is 11.2 Å². The highest BCUT2D eigenvalue weighted by Crippen LogP contribution is 2.41. The molecule has 0 saturated heterocycles. The van der Waals surface area contributed by atoms with Crippen LogP contribution >= 0.6 is 0 Å². The quantitative estimate of drug-likeness (QED) is 0.188. The van der Waals surface area contributed by atoms with Crippen LogP contribution in [0.15, 0.2) is 174 Å². The van der Waals surface area contributed by atoms with Crippen molar-refractivity contribution >= 4 is 43.7 Å². The molecule has 7 aromatic carbocycles. The second-order valence-corrected chi connectivity index (χ2v) is 12.4. The summed E-state index contributed by atoms with van der Waals surface area (Å²) in [5, 5.41) is 4.48. The van der Waals surface area contributed by atoms with Crippen molar-refractivity contribution in [3.8, 4) is 51.0 Å². The Morgan fingerprint density at radius 1 is 0.400 bits per heavy atom. The van der Waals surface area contributed by atoms with E-state index in [0.29, 0.717) is 17.5 Å². The van der Waals surface area contributed by atoms with Crippen molar-refractivity contribution in [2.45, 2.75) is 0 Å². The van der Waals surface area contributed by atoms with Gasteiger partial charge in [-0.2, -0.15) is 0 Å². The number of para-hydroxylation sites is 2. The second-order valence-electron chi connectivity index (χ2n) is 12.4. The summed E-state index contributed by atoms with van der Waals surface area (Å²) in [6, 6.07) is 58.5. The maximum Gasteiger partial charge on any atom is 0.166 e. The van der Waals surface area contributed by atoms with Gasteiger partial charge in [-0.3, -0.25) is 0 Å². The average Bonchev–Trinajstić information content (AvgIpc) is 3.74. The van der Waals surface area contributed by atoms with Gasteiger partial charge in [0.15, 0.2) is 17.5 Å². The Morgan fingerprint density at radius 3 is 1.70 bits per heavy atom. The smallest absolute Gasteiger partial charge is 0.166 e. The van der Waals surface area contributed by atoms with Crippen molar-refractivity contribution in [1.29, 1.82) is 0 Å². The molecule has 3 heterocycles. The molecule has 0 spiro atoms. The molecule has 50 heavy (non-hydrogen) atoms. The summed E-state index contributed by atoms with van der Waals surface area (Å²) in [4.78, 5) is 15.2. The van der Waals surface area contributed by atoms with Crippen LogP contribution in [0.4, 0.5) is 0 Å². The maximum atomic E-state index is 6.58. The largest absolute Gasteiger partial charge is 0.456 e. The third kappa shape index (κ3) is 4.52. The highest BCUT2D eigenvalue weighted by atomic mass is 16.3. The van der Waals surface area contributed by atoms with Crippen LogP contribution in [0, 0.1) is 0 Å². The monoisotopic (exact) mass is 640 g/mol. The lowest BCUT2D eigenvalue weighted by Gasteiger charge is -2.13. The zero-order valence-corrected chi connectivity index (χ0v) is 26.9. The van der Waals surface area contributed by atoms with E-state index in [-0.39, 0.29) is 0 Å². The van der Waals surface area contributed by atoms with E-state index in [1.165, 1.54) is 5.56 Å². The Bertz CT molecular complexity index is 2800.